The van der Waals surface area contributed by atoms with Crippen molar-refractivity contribution in [3.05, 3.63) is 40.3 Å². The van der Waals surface area contributed by atoms with Crippen LogP contribution in [0.2, 0.25) is 0 Å². The molecule has 6 heteroatoms. The minimum absolute atomic E-state index is 0.164. The van der Waals surface area contributed by atoms with Gasteiger partial charge < -0.3 is 5.32 Å². The first-order valence-electron chi connectivity index (χ1n) is 6.78. The second-order valence-corrected chi connectivity index (χ2v) is 5.29. The van der Waals surface area contributed by atoms with Crippen LogP contribution < -0.4 is 10.9 Å². The van der Waals surface area contributed by atoms with E-state index in [9.17, 15) is 9.59 Å². The predicted octanol–water partition coefficient (Wildman–Crippen LogP) is 0.540. The van der Waals surface area contributed by atoms with Crippen molar-refractivity contribution in [2.75, 3.05) is 19.6 Å². The van der Waals surface area contributed by atoms with Crippen LogP contribution >= 0.6 is 0 Å². The van der Waals surface area contributed by atoms with Gasteiger partial charge in [-0.25, -0.2) is 5.10 Å². The zero-order valence-corrected chi connectivity index (χ0v) is 11.7. The molecule has 0 atom stereocenters. The average molecular weight is 276 g/mol. The number of piperidine rings is 1. The first kappa shape index (κ1) is 14.5. The molecule has 1 aliphatic heterocycles. The van der Waals surface area contributed by atoms with Gasteiger partial charge in [-0.15, -0.1) is 0 Å². The molecule has 2 rings (SSSR count). The Balaban J connectivity index is 1.83. The molecular formula is C14H20N4O2. The lowest BCUT2D eigenvalue weighted by Crippen LogP contribution is -2.45. The molecule has 0 bridgehead atoms. The molecule has 1 saturated heterocycles. The van der Waals surface area contributed by atoms with E-state index < -0.39 is 0 Å². The highest BCUT2D eigenvalue weighted by atomic mass is 16.2. The Kier molecular flexibility index (Phi) is 4.68. The Morgan fingerprint density at radius 2 is 2.20 bits per heavy atom. The molecule has 0 aromatic carbocycles. The van der Waals surface area contributed by atoms with Crippen LogP contribution in [0.5, 0.6) is 0 Å². The SMILES string of the molecule is C=C(C)CN1CCC(NC(=O)c2ccc(=O)[nH]n2)CC1. The number of amides is 1. The maximum atomic E-state index is 12.0. The lowest BCUT2D eigenvalue weighted by molar-refractivity contribution is 0.0907. The van der Waals surface area contributed by atoms with E-state index in [1.165, 1.54) is 12.1 Å². The molecule has 1 fully saturated rings. The Morgan fingerprint density at radius 1 is 1.50 bits per heavy atom. The quantitative estimate of drug-likeness (QED) is 0.787. The van der Waals surface area contributed by atoms with Gasteiger partial charge in [-0.3, -0.25) is 14.5 Å². The van der Waals surface area contributed by atoms with E-state index in [0.29, 0.717) is 0 Å². The number of hydrogen-bond donors (Lipinski definition) is 2. The second-order valence-electron chi connectivity index (χ2n) is 5.29. The molecule has 1 aromatic heterocycles. The molecule has 0 radical (unpaired) electrons. The molecule has 0 saturated carbocycles. The molecule has 2 heterocycles. The van der Waals surface area contributed by atoms with E-state index in [2.05, 4.69) is 27.0 Å². The van der Waals surface area contributed by atoms with Crippen LogP contribution in [0.15, 0.2) is 29.1 Å². The Bertz CT molecular complexity index is 524. The van der Waals surface area contributed by atoms with Crippen molar-refractivity contribution in [2.45, 2.75) is 25.8 Å². The maximum Gasteiger partial charge on any atom is 0.271 e. The summed E-state index contributed by atoms with van der Waals surface area (Å²) >= 11 is 0. The van der Waals surface area contributed by atoms with E-state index in [-0.39, 0.29) is 23.2 Å². The van der Waals surface area contributed by atoms with Crippen LogP contribution in [0, 0.1) is 0 Å². The minimum atomic E-state index is -0.311. The summed E-state index contributed by atoms with van der Waals surface area (Å²) in [5.41, 5.74) is 1.09. The number of aromatic amines is 1. The standard InChI is InChI=1S/C14H20N4O2/c1-10(2)9-18-7-5-11(6-8-18)15-14(20)12-3-4-13(19)17-16-12/h3-4,11H,1,5-9H2,2H3,(H,15,20)(H,17,19). The van der Waals surface area contributed by atoms with Crippen LogP contribution in [0.1, 0.15) is 30.3 Å². The average Bonchev–Trinajstić information content (AvgIpc) is 2.41. The number of carbonyl (C=O) groups is 1. The fourth-order valence-electron chi connectivity index (χ4n) is 2.35. The third-order valence-corrected chi connectivity index (χ3v) is 3.33. The topological polar surface area (TPSA) is 78.1 Å². The summed E-state index contributed by atoms with van der Waals surface area (Å²) in [6, 6.07) is 2.90. The molecule has 1 aliphatic rings. The highest BCUT2D eigenvalue weighted by molar-refractivity contribution is 5.92. The molecule has 0 aliphatic carbocycles. The van der Waals surface area contributed by atoms with Gasteiger partial charge in [0.15, 0.2) is 0 Å². The smallest absolute Gasteiger partial charge is 0.271 e. The summed E-state index contributed by atoms with van der Waals surface area (Å²) < 4.78 is 0. The van der Waals surface area contributed by atoms with Gasteiger partial charge in [-0.1, -0.05) is 12.2 Å². The van der Waals surface area contributed by atoms with Crippen molar-refractivity contribution in [1.29, 1.82) is 0 Å². The van der Waals surface area contributed by atoms with Gasteiger partial charge in [-0.05, 0) is 25.8 Å². The summed E-state index contributed by atoms with van der Waals surface area (Å²) in [5.74, 6) is -0.236. The molecule has 0 unspecified atom stereocenters. The van der Waals surface area contributed by atoms with Crippen molar-refractivity contribution < 1.29 is 4.79 Å². The fourth-order valence-corrected chi connectivity index (χ4v) is 2.35. The van der Waals surface area contributed by atoms with Gasteiger partial charge in [-0.2, -0.15) is 5.10 Å². The first-order chi connectivity index (χ1) is 9.54. The van der Waals surface area contributed by atoms with Crippen LogP contribution in [-0.2, 0) is 0 Å². The van der Waals surface area contributed by atoms with Gasteiger partial charge in [0.2, 0.25) is 0 Å². The van der Waals surface area contributed by atoms with E-state index in [1.54, 1.807) is 0 Å². The summed E-state index contributed by atoms with van der Waals surface area (Å²) in [6.07, 6.45) is 1.84. The van der Waals surface area contributed by atoms with E-state index in [0.717, 1.165) is 38.0 Å². The number of H-pyrrole nitrogens is 1. The Labute approximate surface area is 117 Å². The summed E-state index contributed by atoms with van der Waals surface area (Å²) in [4.78, 5) is 25.2. The Morgan fingerprint density at radius 3 is 2.75 bits per heavy atom. The van der Waals surface area contributed by atoms with Crippen molar-refractivity contribution >= 4 is 5.91 Å². The monoisotopic (exact) mass is 276 g/mol. The zero-order valence-electron chi connectivity index (χ0n) is 11.7. The molecule has 2 N–H and O–H groups in total. The van der Waals surface area contributed by atoms with E-state index in [4.69, 9.17) is 0 Å². The molecule has 1 amide bonds. The summed E-state index contributed by atoms with van der Waals surface area (Å²) in [7, 11) is 0. The number of likely N-dealkylation sites (tertiary alicyclic amines) is 1. The Hall–Kier alpha value is -1.95. The van der Waals surface area contributed by atoms with Gasteiger partial charge in [0.1, 0.15) is 5.69 Å². The van der Waals surface area contributed by atoms with Crippen LogP contribution in [0.4, 0.5) is 0 Å². The lowest BCUT2D eigenvalue weighted by atomic mass is 10.0. The number of hydrogen-bond acceptors (Lipinski definition) is 4. The van der Waals surface area contributed by atoms with Crippen LogP contribution in [0.3, 0.4) is 0 Å². The highest BCUT2D eigenvalue weighted by Gasteiger charge is 2.21. The van der Waals surface area contributed by atoms with E-state index >= 15 is 0 Å². The van der Waals surface area contributed by atoms with Gasteiger partial charge in [0.05, 0.1) is 0 Å². The van der Waals surface area contributed by atoms with Gasteiger partial charge in [0, 0.05) is 31.7 Å². The third-order valence-electron chi connectivity index (χ3n) is 3.33. The predicted molar refractivity (Wildman–Crippen MR) is 76.6 cm³/mol. The maximum absolute atomic E-state index is 12.0. The van der Waals surface area contributed by atoms with Crippen molar-refractivity contribution in [2.24, 2.45) is 0 Å². The van der Waals surface area contributed by atoms with E-state index in [1.807, 2.05) is 6.92 Å². The summed E-state index contributed by atoms with van der Waals surface area (Å²) in [5, 5.41) is 8.94. The molecular weight excluding hydrogens is 256 g/mol. The largest absolute Gasteiger partial charge is 0.348 e. The highest BCUT2D eigenvalue weighted by Crippen LogP contribution is 2.11. The summed E-state index contributed by atoms with van der Waals surface area (Å²) in [6.45, 7) is 8.77. The fraction of sp³-hybridized carbons (Fsp3) is 0.500. The van der Waals surface area contributed by atoms with Crippen molar-refractivity contribution in [3.8, 4) is 0 Å². The van der Waals surface area contributed by atoms with Gasteiger partial charge in [0.25, 0.3) is 11.5 Å². The number of aromatic nitrogens is 2. The molecule has 6 nitrogen and oxygen atoms in total. The normalized spacial score (nSPS) is 16.9. The number of nitrogens with zero attached hydrogens (tertiary/aromatic N) is 2. The van der Waals surface area contributed by atoms with Gasteiger partial charge >= 0.3 is 0 Å². The molecule has 1 aromatic rings. The molecule has 108 valence electrons. The number of carbonyl (C=O) groups excluding carboxylic acids is 1. The first-order valence-corrected chi connectivity index (χ1v) is 6.78. The lowest BCUT2D eigenvalue weighted by Gasteiger charge is -2.32. The number of nitrogens with one attached hydrogen (secondary N) is 2. The second kappa shape index (κ2) is 6.47. The zero-order chi connectivity index (χ0) is 14.5. The van der Waals surface area contributed by atoms with Crippen molar-refractivity contribution in [3.63, 3.8) is 0 Å². The van der Waals surface area contributed by atoms with Crippen molar-refractivity contribution in [1.82, 2.24) is 20.4 Å². The van der Waals surface area contributed by atoms with Crippen LogP contribution in [0.25, 0.3) is 0 Å². The van der Waals surface area contributed by atoms with Crippen LogP contribution in [-0.4, -0.2) is 46.7 Å². The molecule has 20 heavy (non-hydrogen) atoms. The molecule has 0 spiro atoms. The number of rotatable bonds is 4. The minimum Gasteiger partial charge on any atom is -0.348 e. The third kappa shape index (κ3) is 4.03.